The lowest BCUT2D eigenvalue weighted by Gasteiger charge is -1.90. The third kappa shape index (κ3) is 1.48. The monoisotopic (exact) mass is 143 g/mol. The van der Waals surface area contributed by atoms with Gasteiger partial charge in [0.25, 0.3) is 0 Å². The molecule has 0 saturated heterocycles. The highest BCUT2D eigenvalue weighted by molar-refractivity contribution is 5.66. The zero-order valence-corrected chi connectivity index (χ0v) is 4.98. The van der Waals surface area contributed by atoms with Crippen molar-refractivity contribution in [2.75, 3.05) is 0 Å². The fourth-order valence-corrected chi connectivity index (χ4v) is 0.539. The maximum Gasteiger partial charge on any atom is 0.357 e. The molecule has 0 unspecified atom stereocenters. The molecule has 0 aliphatic heterocycles. The van der Waals surface area contributed by atoms with Gasteiger partial charge in [0.05, 0.1) is 0 Å². The Labute approximate surface area is 55.5 Å². The quantitative estimate of drug-likeness (QED) is 0.607. The van der Waals surface area contributed by atoms with Crippen LogP contribution in [0, 0.1) is 0 Å². The van der Waals surface area contributed by atoms with Crippen molar-refractivity contribution in [2.45, 2.75) is 6.54 Å². The van der Waals surface area contributed by atoms with Crippen LogP contribution in [0.5, 0.6) is 0 Å². The predicted molar refractivity (Wildman–Crippen MR) is 30.6 cm³/mol. The first-order valence-corrected chi connectivity index (χ1v) is 2.57. The lowest BCUT2D eigenvalue weighted by Crippen LogP contribution is -2.07. The van der Waals surface area contributed by atoms with Crippen LogP contribution in [0.3, 0.4) is 0 Å². The molecule has 1 heterocycles. The van der Waals surface area contributed by atoms with Gasteiger partial charge in [0, 0.05) is 12.3 Å². The number of rotatable bonds is 2. The molecule has 0 atom stereocenters. The second kappa shape index (κ2) is 2.38. The van der Waals surface area contributed by atoms with Gasteiger partial charge in [-0.25, -0.2) is 9.53 Å². The average Bonchev–Trinajstić information content (AvgIpc) is 2.13. The van der Waals surface area contributed by atoms with Crippen LogP contribution in [0.2, 0.25) is 0 Å². The Balaban J connectivity index is 2.76. The van der Waals surface area contributed by atoms with E-state index in [1.807, 2.05) is 0 Å². The summed E-state index contributed by atoms with van der Waals surface area (Å²) < 4.78 is 5.32. The summed E-state index contributed by atoms with van der Waals surface area (Å²) in [5, 5.41) is 8.19. The Hall–Kier alpha value is -1.52. The van der Waals surface area contributed by atoms with E-state index >= 15 is 0 Å². The van der Waals surface area contributed by atoms with Gasteiger partial charge < -0.3 is 9.63 Å². The van der Waals surface area contributed by atoms with Gasteiger partial charge in [-0.3, -0.25) is 4.79 Å². The molecule has 5 nitrogen and oxygen atoms in total. The number of nitrogens with zero attached hydrogens (tertiary/aromatic N) is 1. The summed E-state index contributed by atoms with van der Waals surface area (Å²) in [6.07, 6.45) is 1.27. The standard InChI is InChI=1S/C5H5NO4/c7-4(8)3-6-2-1-5(9)10-6/h1-2H,3H2,(H,7,8). The summed E-state index contributed by atoms with van der Waals surface area (Å²) in [6, 6.07) is 1.16. The van der Waals surface area contributed by atoms with Gasteiger partial charge in [-0.05, 0) is 0 Å². The zero-order chi connectivity index (χ0) is 7.56. The van der Waals surface area contributed by atoms with Crippen molar-refractivity contribution >= 4 is 5.97 Å². The van der Waals surface area contributed by atoms with E-state index in [2.05, 4.69) is 4.52 Å². The molecule has 54 valence electrons. The smallest absolute Gasteiger partial charge is 0.357 e. The van der Waals surface area contributed by atoms with Crippen molar-refractivity contribution in [3.8, 4) is 0 Å². The van der Waals surface area contributed by atoms with E-state index in [9.17, 15) is 9.59 Å². The van der Waals surface area contributed by atoms with Crippen LogP contribution in [-0.2, 0) is 11.3 Å². The molecule has 0 aliphatic carbocycles. The van der Waals surface area contributed by atoms with Gasteiger partial charge in [-0.15, -0.1) is 0 Å². The van der Waals surface area contributed by atoms with Crippen LogP contribution in [0.1, 0.15) is 0 Å². The summed E-state index contributed by atoms with van der Waals surface area (Å²) in [5.74, 6) is -1.04. The van der Waals surface area contributed by atoms with E-state index < -0.39 is 11.6 Å². The fraction of sp³-hybridized carbons (Fsp3) is 0.200. The van der Waals surface area contributed by atoms with Gasteiger partial charge in [-0.1, -0.05) is 0 Å². The Morgan fingerprint density at radius 1 is 1.80 bits per heavy atom. The van der Waals surface area contributed by atoms with Crippen LogP contribution >= 0.6 is 0 Å². The first-order chi connectivity index (χ1) is 4.68. The maximum absolute atomic E-state index is 10.3. The Morgan fingerprint density at radius 2 is 2.50 bits per heavy atom. The summed E-state index contributed by atoms with van der Waals surface area (Å²) in [6.45, 7) is -0.317. The van der Waals surface area contributed by atoms with Gasteiger partial charge in [-0.2, -0.15) is 0 Å². The molecule has 1 aromatic heterocycles. The molecule has 0 fully saturated rings. The van der Waals surface area contributed by atoms with Crippen LogP contribution < -0.4 is 5.63 Å². The maximum atomic E-state index is 10.3. The van der Waals surface area contributed by atoms with Crippen molar-refractivity contribution in [1.29, 1.82) is 0 Å². The third-order valence-electron chi connectivity index (χ3n) is 0.875. The number of hydrogen-bond acceptors (Lipinski definition) is 3. The van der Waals surface area contributed by atoms with Crippen LogP contribution in [0.4, 0.5) is 0 Å². The average molecular weight is 143 g/mol. The minimum atomic E-state index is -1.04. The topological polar surface area (TPSA) is 72.4 Å². The largest absolute Gasteiger partial charge is 0.480 e. The van der Waals surface area contributed by atoms with Crippen LogP contribution in [0.25, 0.3) is 0 Å². The van der Waals surface area contributed by atoms with E-state index in [4.69, 9.17) is 5.11 Å². The van der Waals surface area contributed by atoms with E-state index in [1.54, 1.807) is 0 Å². The number of carboxylic acid groups (broad SMARTS) is 1. The fourth-order valence-electron chi connectivity index (χ4n) is 0.539. The van der Waals surface area contributed by atoms with E-state index in [0.29, 0.717) is 0 Å². The summed E-state index contributed by atoms with van der Waals surface area (Å²) >= 11 is 0. The van der Waals surface area contributed by atoms with Gasteiger partial charge in [0.2, 0.25) is 0 Å². The molecule has 0 amide bonds. The number of aromatic nitrogens is 1. The highest BCUT2D eigenvalue weighted by atomic mass is 16.5. The number of carbonyl (C=O) groups is 1. The Kier molecular flexibility index (Phi) is 1.57. The van der Waals surface area contributed by atoms with Crippen molar-refractivity contribution in [2.24, 2.45) is 0 Å². The molecule has 5 heteroatoms. The molecule has 10 heavy (non-hydrogen) atoms. The SMILES string of the molecule is O=C(O)Cn1ccc(=O)o1. The van der Waals surface area contributed by atoms with Crippen molar-refractivity contribution in [3.05, 3.63) is 22.7 Å². The first kappa shape index (κ1) is 6.60. The van der Waals surface area contributed by atoms with Crippen LogP contribution in [0.15, 0.2) is 21.6 Å². The highest BCUT2D eigenvalue weighted by Gasteiger charge is 1.99. The first-order valence-electron chi connectivity index (χ1n) is 2.57. The molecule has 1 aromatic rings. The predicted octanol–water partition coefficient (Wildman–Crippen LogP) is -0.474. The molecular formula is C5H5NO4. The summed E-state index contributed by atoms with van der Waals surface area (Å²) in [7, 11) is 0. The zero-order valence-electron chi connectivity index (χ0n) is 4.98. The van der Waals surface area contributed by atoms with Crippen LogP contribution in [-0.4, -0.2) is 15.8 Å². The second-order valence-corrected chi connectivity index (χ2v) is 1.69. The van der Waals surface area contributed by atoms with E-state index in [1.165, 1.54) is 6.20 Å². The normalized spacial score (nSPS) is 9.60. The molecule has 0 bridgehead atoms. The molecule has 0 saturated carbocycles. The molecule has 0 aromatic carbocycles. The van der Waals surface area contributed by atoms with Gasteiger partial charge in [0.1, 0.15) is 0 Å². The van der Waals surface area contributed by atoms with E-state index in [-0.39, 0.29) is 6.54 Å². The van der Waals surface area contributed by atoms with Gasteiger partial charge in [0.15, 0.2) is 6.54 Å². The summed E-state index contributed by atoms with van der Waals surface area (Å²) in [4.78, 5) is 20.3. The highest BCUT2D eigenvalue weighted by Crippen LogP contribution is 1.82. The number of carboxylic acids is 1. The molecule has 0 aliphatic rings. The molecule has 0 spiro atoms. The minimum Gasteiger partial charge on any atom is -0.480 e. The third-order valence-corrected chi connectivity index (χ3v) is 0.875. The number of aliphatic carboxylic acids is 1. The minimum absolute atomic E-state index is 0.317. The molecular weight excluding hydrogens is 138 g/mol. The molecule has 0 radical (unpaired) electrons. The molecule has 1 N–H and O–H groups in total. The lowest BCUT2D eigenvalue weighted by atomic mass is 10.6. The summed E-state index contributed by atoms with van der Waals surface area (Å²) in [5.41, 5.74) is -0.541. The van der Waals surface area contributed by atoms with E-state index in [0.717, 1.165) is 10.8 Å². The lowest BCUT2D eigenvalue weighted by molar-refractivity contribution is -0.138. The Bertz CT molecular complexity index is 284. The van der Waals surface area contributed by atoms with Crippen molar-refractivity contribution in [1.82, 2.24) is 4.74 Å². The van der Waals surface area contributed by atoms with Crippen molar-refractivity contribution < 1.29 is 14.4 Å². The second-order valence-electron chi connectivity index (χ2n) is 1.69. The van der Waals surface area contributed by atoms with Crippen molar-refractivity contribution in [3.63, 3.8) is 0 Å². The van der Waals surface area contributed by atoms with Gasteiger partial charge >= 0.3 is 11.6 Å². The Morgan fingerprint density at radius 3 is 2.90 bits per heavy atom. The number of hydrogen-bond donors (Lipinski definition) is 1. The molecule has 1 rings (SSSR count).